The molecule has 138 valence electrons. The number of hydrogen-bond donors (Lipinski definition) is 1. The summed E-state index contributed by atoms with van der Waals surface area (Å²) < 4.78 is 1.85. The van der Waals surface area contributed by atoms with Crippen LogP contribution in [0.5, 0.6) is 0 Å². The maximum absolute atomic E-state index is 12.7. The Morgan fingerprint density at radius 1 is 1.12 bits per heavy atom. The van der Waals surface area contributed by atoms with Crippen molar-refractivity contribution in [2.45, 2.75) is 13.5 Å². The molecule has 0 unspecified atom stereocenters. The molecule has 1 saturated heterocycles. The minimum atomic E-state index is 0.0417. The Balaban J connectivity index is 1.51. The third kappa shape index (κ3) is 4.70. The Kier molecular flexibility index (Phi) is 6.01. The molecule has 1 aromatic carbocycles. The van der Waals surface area contributed by atoms with Crippen LogP contribution in [-0.2, 0) is 11.3 Å². The number of likely N-dealkylation sites (N-methyl/N-ethyl adjacent to an activating group) is 1. The minimum absolute atomic E-state index is 0.0417. The van der Waals surface area contributed by atoms with Gasteiger partial charge in [0, 0.05) is 50.7 Å². The maximum atomic E-state index is 12.7. The molecule has 1 aliphatic rings. The molecule has 0 atom stereocenters. The quantitative estimate of drug-likeness (QED) is 0.833. The number of nitrogens with zero attached hydrogens (tertiary/aromatic N) is 4. The average molecular weight is 355 g/mol. The zero-order chi connectivity index (χ0) is 18.4. The molecule has 26 heavy (non-hydrogen) atoms. The molecule has 1 aliphatic heterocycles. The molecule has 2 amide bonds. The van der Waals surface area contributed by atoms with Crippen molar-refractivity contribution in [1.29, 1.82) is 0 Å². The van der Waals surface area contributed by atoms with Gasteiger partial charge >= 0.3 is 0 Å². The van der Waals surface area contributed by atoms with Gasteiger partial charge in [-0.2, -0.15) is 5.10 Å². The summed E-state index contributed by atoms with van der Waals surface area (Å²) >= 11 is 0. The van der Waals surface area contributed by atoms with E-state index >= 15 is 0 Å². The van der Waals surface area contributed by atoms with Crippen LogP contribution in [0, 0.1) is 0 Å². The van der Waals surface area contributed by atoms with Gasteiger partial charge in [0.2, 0.25) is 5.91 Å². The van der Waals surface area contributed by atoms with E-state index in [2.05, 4.69) is 15.3 Å². The van der Waals surface area contributed by atoms with Crippen molar-refractivity contribution in [2.75, 3.05) is 39.3 Å². The van der Waals surface area contributed by atoms with Crippen molar-refractivity contribution in [3.8, 4) is 0 Å². The van der Waals surface area contributed by atoms with Gasteiger partial charge < -0.3 is 10.2 Å². The first-order valence-corrected chi connectivity index (χ1v) is 9.00. The number of aromatic nitrogens is 2. The third-order valence-corrected chi connectivity index (χ3v) is 4.51. The average Bonchev–Trinajstić information content (AvgIpc) is 3.16. The first kappa shape index (κ1) is 18.1. The van der Waals surface area contributed by atoms with Gasteiger partial charge in [0.25, 0.3) is 5.91 Å². The lowest BCUT2D eigenvalue weighted by Gasteiger charge is -2.34. The second-order valence-corrected chi connectivity index (χ2v) is 6.42. The summed E-state index contributed by atoms with van der Waals surface area (Å²) in [7, 11) is 0. The summed E-state index contributed by atoms with van der Waals surface area (Å²) in [4.78, 5) is 28.3. The van der Waals surface area contributed by atoms with Crippen molar-refractivity contribution < 1.29 is 9.59 Å². The van der Waals surface area contributed by atoms with Gasteiger partial charge in [0.1, 0.15) is 0 Å². The van der Waals surface area contributed by atoms with Crippen LogP contribution in [0.4, 0.5) is 0 Å². The Morgan fingerprint density at radius 3 is 2.46 bits per heavy atom. The van der Waals surface area contributed by atoms with Crippen LogP contribution >= 0.6 is 0 Å². The van der Waals surface area contributed by atoms with Crippen LogP contribution in [0.3, 0.4) is 0 Å². The van der Waals surface area contributed by atoms with E-state index in [0.717, 1.165) is 18.7 Å². The van der Waals surface area contributed by atoms with E-state index in [0.29, 0.717) is 38.3 Å². The van der Waals surface area contributed by atoms with E-state index in [1.807, 2.05) is 53.0 Å². The topological polar surface area (TPSA) is 70.5 Å². The van der Waals surface area contributed by atoms with E-state index < -0.39 is 0 Å². The van der Waals surface area contributed by atoms with Crippen LogP contribution in [-0.4, -0.2) is 70.7 Å². The lowest BCUT2D eigenvalue weighted by molar-refractivity contribution is -0.122. The van der Waals surface area contributed by atoms with Crippen LogP contribution < -0.4 is 5.32 Å². The fraction of sp³-hybridized carbons (Fsp3) is 0.421. The third-order valence-electron chi connectivity index (χ3n) is 4.51. The largest absolute Gasteiger partial charge is 0.355 e. The number of carbonyl (C=O) groups is 2. The zero-order valence-corrected chi connectivity index (χ0v) is 15.1. The highest BCUT2D eigenvalue weighted by atomic mass is 16.2. The summed E-state index contributed by atoms with van der Waals surface area (Å²) in [5, 5.41) is 7.00. The smallest absolute Gasteiger partial charge is 0.253 e. The van der Waals surface area contributed by atoms with Gasteiger partial charge in [0.15, 0.2) is 0 Å². The standard InChI is InChI=1S/C19H25N5O2/c1-2-20-18(25)15-22-10-12-23(13-11-22)19(26)17-6-4-16(5-7-17)14-24-9-3-8-21-24/h3-9H,2,10-15H2,1H3,(H,20,25). The molecule has 1 N–H and O–H groups in total. The summed E-state index contributed by atoms with van der Waals surface area (Å²) in [5.74, 6) is 0.0911. The molecule has 0 bridgehead atoms. The Morgan fingerprint density at radius 2 is 1.85 bits per heavy atom. The van der Waals surface area contributed by atoms with E-state index in [9.17, 15) is 9.59 Å². The molecule has 1 aromatic heterocycles. The Bertz CT molecular complexity index is 719. The van der Waals surface area contributed by atoms with Gasteiger partial charge in [-0.15, -0.1) is 0 Å². The monoisotopic (exact) mass is 355 g/mol. The molecule has 7 heteroatoms. The molecular weight excluding hydrogens is 330 g/mol. The van der Waals surface area contributed by atoms with E-state index in [1.165, 1.54) is 0 Å². The number of rotatable bonds is 6. The molecule has 0 aliphatic carbocycles. The lowest BCUT2D eigenvalue weighted by atomic mass is 10.1. The number of amides is 2. The molecule has 0 saturated carbocycles. The molecule has 0 spiro atoms. The number of carbonyl (C=O) groups excluding carboxylic acids is 2. The second-order valence-electron chi connectivity index (χ2n) is 6.42. The van der Waals surface area contributed by atoms with Crippen LogP contribution in [0.25, 0.3) is 0 Å². The number of piperazine rings is 1. The van der Waals surface area contributed by atoms with E-state index in [1.54, 1.807) is 6.20 Å². The predicted molar refractivity (Wildman–Crippen MR) is 98.8 cm³/mol. The summed E-state index contributed by atoms with van der Waals surface area (Å²) in [6, 6.07) is 9.59. The first-order chi connectivity index (χ1) is 12.7. The molecule has 2 aromatic rings. The van der Waals surface area contributed by atoms with Gasteiger partial charge in [0.05, 0.1) is 13.1 Å². The van der Waals surface area contributed by atoms with Crippen molar-refractivity contribution >= 4 is 11.8 Å². The van der Waals surface area contributed by atoms with Crippen molar-refractivity contribution in [1.82, 2.24) is 24.9 Å². The molecule has 2 heterocycles. The molecule has 0 radical (unpaired) electrons. The fourth-order valence-electron chi connectivity index (χ4n) is 3.08. The number of nitrogens with one attached hydrogen (secondary N) is 1. The van der Waals surface area contributed by atoms with Crippen LogP contribution in [0.1, 0.15) is 22.8 Å². The maximum Gasteiger partial charge on any atom is 0.253 e. The summed E-state index contributed by atoms with van der Waals surface area (Å²) in [5.41, 5.74) is 1.81. The van der Waals surface area contributed by atoms with Crippen LogP contribution in [0.15, 0.2) is 42.7 Å². The zero-order valence-electron chi connectivity index (χ0n) is 15.1. The van der Waals surface area contributed by atoms with Crippen molar-refractivity contribution in [2.24, 2.45) is 0 Å². The van der Waals surface area contributed by atoms with Crippen LogP contribution in [0.2, 0.25) is 0 Å². The van der Waals surface area contributed by atoms with Gasteiger partial charge in [-0.05, 0) is 30.7 Å². The highest BCUT2D eigenvalue weighted by Gasteiger charge is 2.23. The predicted octanol–water partition coefficient (Wildman–Crippen LogP) is 0.825. The number of hydrogen-bond acceptors (Lipinski definition) is 4. The molecular formula is C19H25N5O2. The second kappa shape index (κ2) is 8.62. The summed E-state index contributed by atoms with van der Waals surface area (Å²) in [6.45, 7) is 6.39. The Labute approximate surface area is 153 Å². The number of benzene rings is 1. The first-order valence-electron chi connectivity index (χ1n) is 9.00. The summed E-state index contributed by atoms with van der Waals surface area (Å²) in [6.07, 6.45) is 3.67. The normalized spacial score (nSPS) is 15.0. The fourth-order valence-corrected chi connectivity index (χ4v) is 3.08. The minimum Gasteiger partial charge on any atom is -0.355 e. The van der Waals surface area contributed by atoms with Crippen molar-refractivity contribution in [3.63, 3.8) is 0 Å². The molecule has 1 fully saturated rings. The van der Waals surface area contributed by atoms with Gasteiger partial charge in [-0.1, -0.05) is 12.1 Å². The van der Waals surface area contributed by atoms with Crippen molar-refractivity contribution in [3.05, 3.63) is 53.9 Å². The molecule has 7 nitrogen and oxygen atoms in total. The SMILES string of the molecule is CCNC(=O)CN1CCN(C(=O)c2ccc(Cn3cccn3)cc2)CC1. The van der Waals surface area contributed by atoms with E-state index in [-0.39, 0.29) is 11.8 Å². The highest BCUT2D eigenvalue weighted by Crippen LogP contribution is 2.11. The Hall–Kier alpha value is -2.67. The van der Waals surface area contributed by atoms with Gasteiger partial charge in [-0.3, -0.25) is 19.2 Å². The van der Waals surface area contributed by atoms with E-state index in [4.69, 9.17) is 0 Å². The highest BCUT2D eigenvalue weighted by molar-refractivity contribution is 5.94. The lowest BCUT2D eigenvalue weighted by Crippen LogP contribution is -2.51. The van der Waals surface area contributed by atoms with Gasteiger partial charge in [-0.25, -0.2) is 0 Å². The molecule has 3 rings (SSSR count).